The summed E-state index contributed by atoms with van der Waals surface area (Å²) in [6.45, 7) is 7.88. The van der Waals surface area contributed by atoms with E-state index in [4.69, 9.17) is 9.47 Å². The monoisotopic (exact) mass is 367 g/mol. The molecular formula is C17H25N3O6. The Morgan fingerprint density at radius 1 is 1.12 bits per heavy atom. The molecule has 0 aliphatic heterocycles. The summed E-state index contributed by atoms with van der Waals surface area (Å²) in [7, 11) is 1.57. The summed E-state index contributed by atoms with van der Waals surface area (Å²) in [5.74, 6) is 0.189. The summed E-state index contributed by atoms with van der Waals surface area (Å²) in [5, 5.41) is 0. The van der Waals surface area contributed by atoms with Crippen molar-refractivity contribution in [3.8, 4) is 5.88 Å². The molecule has 6 N–H and O–H groups in total. The molecule has 0 fully saturated rings. The van der Waals surface area contributed by atoms with E-state index in [-0.39, 0.29) is 22.4 Å². The highest BCUT2D eigenvalue weighted by Crippen LogP contribution is 2.29. The second-order valence-corrected chi connectivity index (χ2v) is 5.38. The lowest BCUT2D eigenvalue weighted by Gasteiger charge is -2.08. The number of pyridine rings is 1. The van der Waals surface area contributed by atoms with Gasteiger partial charge in [0.25, 0.3) is 0 Å². The zero-order chi connectivity index (χ0) is 16.7. The van der Waals surface area contributed by atoms with Crippen molar-refractivity contribution in [2.24, 2.45) is 0 Å². The first-order valence-corrected chi connectivity index (χ1v) is 7.49. The molecule has 0 aromatic carbocycles. The maximum Gasteiger partial charge on any atom is 0.340 e. The molecule has 0 saturated carbocycles. The van der Waals surface area contributed by atoms with Gasteiger partial charge in [0, 0.05) is 11.8 Å². The maximum atomic E-state index is 12.3. The van der Waals surface area contributed by atoms with Gasteiger partial charge in [0.2, 0.25) is 5.88 Å². The summed E-state index contributed by atoms with van der Waals surface area (Å²) in [6.07, 6.45) is 0. The topological polar surface area (TPSA) is 160 Å². The van der Waals surface area contributed by atoms with Crippen molar-refractivity contribution in [2.75, 3.05) is 13.7 Å². The molecule has 0 aliphatic rings. The summed E-state index contributed by atoms with van der Waals surface area (Å²) in [6, 6.07) is 3.64. The highest BCUT2D eigenvalue weighted by Gasteiger charge is 2.23. The number of carbonyl (C=O) groups is 1. The fraction of sp³-hybridized carbons (Fsp3) is 0.353. The number of fused-ring (bicyclic) bond motifs is 3. The molecular weight excluding hydrogens is 342 g/mol. The van der Waals surface area contributed by atoms with Crippen molar-refractivity contribution in [3.05, 3.63) is 34.6 Å². The number of carbonyl (C=O) groups excluding carboxylic acids is 1. The normalized spacial score (nSPS) is 9.88. The minimum atomic E-state index is -0.318. The Balaban J connectivity index is 0.00000208. The van der Waals surface area contributed by atoms with Gasteiger partial charge in [-0.1, -0.05) is 0 Å². The van der Waals surface area contributed by atoms with Crippen molar-refractivity contribution in [3.63, 3.8) is 0 Å². The van der Waals surface area contributed by atoms with E-state index in [0.29, 0.717) is 23.7 Å². The average molecular weight is 367 g/mol. The molecule has 0 radical (unpaired) electrons. The fourth-order valence-corrected chi connectivity index (χ4v) is 3.06. The van der Waals surface area contributed by atoms with E-state index in [1.807, 2.05) is 31.2 Å². The number of rotatable bonds is 3. The molecule has 26 heavy (non-hydrogen) atoms. The van der Waals surface area contributed by atoms with Crippen molar-refractivity contribution in [1.82, 2.24) is 14.4 Å². The fourth-order valence-electron chi connectivity index (χ4n) is 3.06. The first-order valence-electron chi connectivity index (χ1n) is 7.49. The van der Waals surface area contributed by atoms with Crippen LogP contribution in [-0.4, -0.2) is 50.5 Å². The maximum absolute atomic E-state index is 12.3. The second-order valence-electron chi connectivity index (χ2n) is 5.38. The van der Waals surface area contributed by atoms with E-state index in [1.165, 1.54) is 0 Å². The molecule has 3 aromatic rings. The van der Waals surface area contributed by atoms with Crippen molar-refractivity contribution in [2.45, 2.75) is 27.7 Å². The van der Waals surface area contributed by atoms with Gasteiger partial charge >= 0.3 is 5.97 Å². The van der Waals surface area contributed by atoms with Crippen LogP contribution in [0.15, 0.2) is 12.1 Å². The minimum Gasteiger partial charge on any atom is -0.481 e. The number of aromatic nitrogens is 3. The number of aryl methyl sites for hydroxylation is 3. The molecule has 0 atom stereocenters. The number of methoxy groups -OCH3 is 1. The van der Waals surface area contributed by atoms with E-state index < -0.39 is 0 Å². The second kappa shape index (κ2) is 8.56. The van der Waals surface area contributed by atoms with Crippen molar-refractivity contribution >= 4 is 22.6 Å². The van der Waals surface area contributed by atoms with Gasteiger partial charge in [0.05, 0.1) is 30.5 Å². The van der Waals surface area contributed by atoms with Crippen LogP contribution < -0.4 is 4.74 Å². The lowest BCUT2D eigenvalue weighted by Crippen LogP contribution is -2.07. The lowest BCUT2D eigenvalue weighted by molar-refractivity contribution is 0.0525. The van der Waals surface area contributed by atoms with Gasteiger partial charge in [0.1, 0.15) is 5.52 Å². The lowest BCUT2D eigenvalue weighted by atomic mass is 10.1. The van der Waals surface area contributed by atoms with Crippen LogP contribution >= 0.6 is 0 Å². The van der Waals surface area contributed by atoms with Gasteiger partial charge in [-0.2, -0.15) is 4.98 Å². The van der Waals surface area contributed by atoms with E-state index in [0.717, 1.165) is 28.0 Å². The molecule has 144 valence electrons. The Morgan fingerprint density at radius 2 is 1.77 bits per heavy atom. The van der Waals surface area contributed by atoms with Crippen LogP contribution in [0.5, 0.6) is 5.88 Å². The van der Waals surface area contributed by atoms with Crippen LogP contribution in [0.1, 0.15) is 34.2 Å². The molecule has 0 spiro atoms. The summed E-state index contributed by atoms with van der Waals surface area (Å²) >= 11 is 0. The predicted molar refractivity (Wildman–Crippen MR) is 98.1 cm³/mol. The SMILES string of the molecule is CCOC(=O)c1c(C)c2c(C)nc3ccc(OC)nc3n2c1C.O.O.O. The Kier molecular flexibility index (Phi) is 7.66. The predicted octanol–water partition coefficient (Wildman–Crippen LogP) is 0.519. The molecule has 3 aromatic heterocycles. The summed E-state index contributed by atoms with van der Waals surface area (Å²) in [4.78, 5) is 21.4. The van der Waals surface area contributed by atoms with Crippen LogP contribution in [0.25, 0.3) is 16.7 Å². The van der Waals surface area contributed by atoms with Gasteiger partial charge in [-0.25, -0.2) is 9.78 Å². The van der Waals surface area contributed by atoms with Crippen molar-refractivity contribution < 1.29 is 30.7 Å². The summed E-state index contributed by atoms with van der Waals surface area (Å²) < 4.78 is 12.4. The first-order chi connectivity index (χ1) is 11.0. The Labute approximate surface area is 150 Å². The molecule has 0 saturated heterocycles. The molecule has 0 unspecified atom stereocenters. The molecule has 3 heterocycles. The number of nitrogens with zero attached hydrogens (tertiary/aromatic N) is 3. The highest BCUT2D eigenvalue weighted by molar-refractivity contribution is 5.97. The molecule has 0 bridgehead atoms. The van der Waals surface area contributed by atoms with E-state index in [9.17, 15) is 4.79 Å². The zero-order valence-electron chi connectivity index (χ0n) is 15.4. The molecule has 0 aliphatic carbocycles. The Hall–Kier alpha value is -2.75. The quantitative estimate of drug-likeness (QED) is 0.616. The van der Waals surface area contributed by atoms with E-state index >= 15 is 0 Å². The minimum absolute atomic E-state index is 0. The van der Waals surface area contributed by atoms with Gasteiger partial charge < -0.3 is 25.9 Å². The van der Waals surface area contributed by atoms with Crippen LogP contribution in [0.3, 0.4) is 0 Å². The number of ether oxygens (including phenoxy) is 2. The first kappa shape index (κ1) is 23.2. The Bertz CT molecular complexity index is 936. The number of esters is 1. The highest BCUT2D eigenvalue weighted by atomic mass is 16.5. The third-order valence-corrected chi connectivity index (χ3v) is 4.01. The van der Waals surface area contributed by atoms with Crippen LogP contribution in [0, 0.1) is 20.8 Å². The molecule has 9 nitrogen and oxygen atoms in total. The van der Waals surface area contributed by atoms with E-state index in [1.54, 1.807) is 20.1 Å². The van der Waals surface area contributed by atoms with Gasteiger partial charge in [0.15, 0.2) is 5.65 Å². The van der Waals surface area contributed by atoms with Crippen LogP contribution in [0.2, 0.25) is 0 Å². The largest absolute Gasteiger partial charge is 0.481 e. The smallest absolute Gasteiger partial charge is 0.340 e. The average Bonchev–Trinajstić information content (AvgIpc) is 2.79. The molecule has 0 amide bonds. The zero-order valence-corrected chi connectivity index (χ0v) is 15.4. The standard InChI is InChI=1S/C17H19N3O3.3H2O/c1-6-23-17(21)14-9(2)15-10(3)18-12-7-8-13(22-5)19-16(12)20(15)11(14)4;;;/h7-8H,6H2,1-5H3;3*1H2. The number of hydrogen-bond donors (Lipinski definition) is 0. The summed E-state index contributed by atoms with van der Waals surface area (Å²) in [5.41, 5.74) is 5.39. The molecule has 3 rings (SSSR count). The van der Waals surface area contributed by atoms with Crippen molar-refractivity contribution in [1.29, 1.82) is 0 Å². The Morgan fingerprint density at radius 3 is 2.35 bits per heavy atom. The van der Waals surface area contributed by atoms with Crippen LogP contribution in [-0.2, 0) is 4.74 Å². The van der Waals surface area contributed by atoms with E-state index in [2.05, 4.69) is 9.97 Å². The van der Waals surface area contributed by atoms with Gasteiger partial charge in [-0.05, 0) is 39.3 Å². The number of hydrogen-bond acceptors (Lipinski definition) is 5. The van der Waals surface area contributed by atoms with Gasteiger partial charge in [-0.15, -0.1) is 0 Å². The molecule has 9 heteroatoms. The third-order valence-electron chi connectivity index (χ3n) is 4.01. The third kappa shape index (κ3) is 3.32. The van der Waals surface area contributed by atoms with Crippen LogP contribution in [0.4, 0.5) is 0 Å². The van der Waals surface area contributed by atoms with Gasteiger partial charge in [-0.3, -0.25) is 4.40 Å².